The van der Waals surface area contributed by atoms with Crippen LogP contribution in [0, 0.1) is 22.2 Å². The summed E-state index contributed by atoms with van der Waals surface area (Å²) in [6, 6.07) is 0. The molecule has 7 nitrogen and oxygen atoms in total. The van der Waals surface area contributed by atoms with E-state index in [0.717, 1.165) is 24.8 Å². The standard InChI is InChI=1S/C20H30O7S/c1-17(9-10-26-28(23,24)25)7-8-20(22)13(12-17)11-14-15-18(2,16(21)27-14)5-4-6-19(15,20)3/h11,14-15,22H,4-10,12H2,1-3H3,(H,23,24,25). The molecule has 0 aromatic carbocycles. The summed E-state index contributed by atoms with van der Waals surface area (Å²) in [5.74, 6) is -0.181. The van der Waals surface area contributed by atoms with Crippen molar-refractivity contribution >= 4 is 16.4 Å². The van der Waals surface area contributed by atoms with Gasteiger partial charge in [-0.2, -0.15) is 8.42 Å². The SMILES string of the molecule is CC1(CCOS(=O)(=O)O)CCC2(O)C(=CC3OC(=O)C4(C)CCCC2(C)C34)C1. The molecule has 0 amide bonds. The first-order valence-electron chi connectivity index (χ1n) is 10.1. The van der Waals surface area contributed by atoms with Gasteiger partial charge in [-0.05, 0) is 62.5 Å². The molecule has 4 aliphatic rings. The Morgan fingerprint density at radius 3 is 2.61 bits per heavy atom. The highest BCUT2D eigenvalue weighted by atomic mass is 32.3. The van der Waals surface area contributed by atoms with Gasteiger partial charge in [0.05, 0.1) is 17.6 Å². The molecule has 1 heterocycles. The number of carbonyl (C=O) groups is 1. The van der Waals surface area contributed by atoms with Gasteiger partial charge in [-0.15, -0.1) is 0 Å². The Labute approximate surface area is 166 Å². The van der Waals surface area contributed by atoms with Gasteiger partial charge in [0.15, 0.2) is 0 Å². The second kappa shape index (κ2) is 6.03. The molecule has 6 unspecified atom stereocenters. The molecule has 158 valence electrons. The summed E-state index contributed by atoms with van der Waals surface area (Å²) >= 11 is 0. The van der Waals surface area contributed by atoms with E-state index in [1.54, 1.807) is 0 Å². The summed E-state index contributed by atoms with van der Waals surface area (Å²) in [7, 11) is -4.45. The summed E-state index contributed by atoms with van der Waals surface area (Å²) in [5, 5.41) is 11.9. The van der Waals surface area contributed by atoms with Crippen molar-refractivity contribution in [3.63, 3.8) is 0 Å². The zero-order valence-electron chi connectivity index (χ0n) is 16.7. The van der Waals surface area contributed by atoms with E-state index >= 15 is 0 Å². The predicted molar refractivity (Wildman–Crippen MR) is 101 cm³/mol. The predicted octanol–water partition coefficient (Wildman–Crippen LogP) is 2.80. The fourth-order valence-electron chi connectivity index (χ4n) is 6.70. The minimum absolute atomic E-state index is 0.0257. The highest BCUT2D eigenvalue weighted by molar-refractivity contribution is 7.80. The van der Waals surface area contributed by atoms with E-state index < -0.39 is 26.8 Å². The van der Waals surface area contributed by atoms with Gasteiger partial charge < -0.3 is 9.84 Å². The van der Waals surface area contributed by atoms with E-state index in [9.17, 15) is 18.3 Å². The minimum Gasteiger partial charge on any atom is -0.457 e. The number of ether oxygens (including phenoxy) is 1. The van der Waals surface area contributed by atoms with Gasteiger partial charge in [0, 0.05) is 11.3 Å². The number of aliphatic hydroxyl groups is 1. The molecule has 0 radical (unpaired) electrons. The number of carbonyl (C=O) groups excluding carboxylic acids is 1. The Hall–Kier alpha value is -0.960. The van der Waals surface area contributed by atoms with Gasteiger partial charge in [-0.3, -0.25) is 9.35 Å². The summed E-state index contributed by atoms with van der Waals surface area (Å²) in [6.45, 7) is 6.04. The van der Waals surface area contributed by atoms with Crippen LogP contribution in [0.2, 0.25) is 0 Å². The van der Waals surface area contributed by atoms with Gasteiger partial charge in [-0.25, -0.2) is 4.18 Å². The number of fused-ring (bicyclic) bond motifs is 2. The Balaban J connectivity index is 1.64. The van der Waals surface area contributed by atoms with Crippen LogP contribution in [0.25, 0.3) is 0 Å². The summed E-state index contributed by atoms with van der Waals surface area (Å²) in [6.07, 6.45) is 6.51. The van der Waals surface area contributed by atoms with E-state index in [4.69, 9.17) is 9.29 Å². The highest BCUT2D eigenvalue weighted by Gasteiger charge is 2.70. The topological polar surface area (TPSA) is 110 Å². The monoisotopic (exact) mass is 414 g/mol. The van der Waals surface area contributed by atoms with E-state index in [1.165, 1.54) is 0 Å². The third kappa shape index (κ3) is 2.79. The first-order chi connectivity index (χ1) is 12.8. The van der Waals surface area contributed by atoms with Crippen molar-refractivity contribution in [3.8, 4) is 0 Å². The van der Waals surface area contributed by atoms with E-state index in [0.29, 0.717) is 25.7 Å². The van der Waals surface area contributed by atoms with Gasteiger partial charge in [0.2, 0.25) is 0 Å². The molecule has 0 bridgehead atoms. The van der Waals surface area contributed by atoms with Crippen LogP contribution in [0.1, 0.15) is 65.7 Å². The fraction of sp³-hybridized carbons (Fsp3) is 0.850. The van der Waals surface area contributed by atoms with Gasteiger partial charge in [0.1, 0.15) is 6.10 Å². The van der Waals surface area contributed by atoms with E-state index in [2.05, 4.69) is 11.1 Å². The molecule has 0 aromatic heterocycles. The van der Waals surface area contributed by atoms with Crippen LogP contribution in [-0.4, -0.2) is 42.4 Å². The Kier molecular flexibility index (Phi) is 4.37. The molecular formula is C20H30O7S. The maximum absolute atomic E-state index is 12.7. The molecule has 3 fully saturated rings. The second-order valence-corrected chi connectivity index (χ2v) is 11.2. The molecule has 0 aromatic rings. The average Bonchev–Trinajstić information content (AvgIpc) is 2.81. The molecule has 2 N–H and O–H groups in total. The molecule has 6 atom stereocenters. The first-order valence-corrected chi connectivity index (χ1v) is 11.5. The van der Waals surface area contributed by atoms with Crippen molar-refractivity contribution in [2.75, 3.05) is 6.61 Å². The van der Waals surface area contributed by atoms with Crippen LogP contribution in [-0.2, 0) is 24.1 Å². The van der Waals surface area contributed by atoms with Crippen molar-refractivity contribution in [3.05, 3.63) is 11.6 Å². The molecule has 2 saturated carbocycles. The van der Waals surface area contributed by atoms with Gasteiger partial charge >= 0.3 is 16.4 Å². The van der Waals surface area contributed by atoms with Crippen molar-refractivity contribution in [1.29, 1.82) is 0 Å². The molecule has 3 aliphatic carbocycles. The first kappa shape index (κ1) is 20.3. The van der Waals surface area contributed by atoms with E-state index in [1.807, 2.05) is 19.9 Å². The number of hydrogen-bond donors (Lipinski definition) is 2. The van der Waals surface area contributed by atoms with Crippen LogP contribution in [0.4, 0.5) is 0 Å². The van der Waals surface area contributed by atoms with Crippen LogP contribution >= 0.6 is 0 Å². The third-order valence-corrected chi connectivity index (χ3v) is 8.75. The van der Waals surface area contributed by atoms with Crippen molar-refractivity contribution < 1.29 is 31.8 Å². The number of hydrogen-bond acceptors (Lipinski definition) is 6. The van der Waals surface area contributed by atoms with Crippen molar-refractivity contribution in [2.24, 2.45) is 22.2 Å². The molecule has 28 heavy (non-hydrogen) atoms. The molecule has 0 spiro atoms. The van der Waals surface area contributed by atoms with Crippen molar-refractivity contribution in [1.82, 2.24) is 0 Å². The molecule has 1 saturated heterocycles. The normalized spacial score (nSPS) is 47.8. The van der Waals surface area contributed by atoms with Crippen molar-refractivity contribution in [2.45, 2.75) is 77.4 Å². The van der Waals surface area contributed by atoms with Crippen LogP contribution in [0.5, 0.6) is 0 Å². The van der Waals surface area contributed by atoms with Gasteiger partial charge in [0.25, 0.3) is 0 Å². The lowest BCUT2D eigenvalue weighted by atomic mass is 9.43. The Bertz CT molecular complexity index is 835. The average molecular weight is 415 g/mol. The maximum Gasteiger partial charge on any atom is 0.397 e. The molecular weight excluding hydrogens is 384 g/mol. The third-order valence-electron chi connectivity index (χ3n) is 8.29. The smallest absolute Gasteiger partial charge is 0.397 e. The highest BCUT2D eigenvalue weighted by Crippen LogP contribution is 2.68. The van der Waals surface area contributed by atoms with Crippen LogP contribution in [0.15, 0.2) is 11.6 Å². The fourth-order valence-corrected chi connectivity index (χ4v) is 7.00. The van der Waals surface area contributed by atoms with Crippen LogP contribution < -0.4 is 0 Å². The summed E-state index contributed by atoms with van der Waals surface area (Å²) in [5.41, 5.74) is -1.30. The summed E-state index contributed by atoms with van der Waals surface area (Å²) < 4.78 is 40.8. The Morgan fingerprint density at radius 1 is 1.21 bits per heavy atom. The quantitative estimate of drug-likeness (QED) is 0.413. The largest absolute Gasteiger partial charge is 0.457 e. The number of esters is 1. The van der Waals surface area contributed by atoms with Crippen LogP contribution in [0.3, 0.4) is 0 Å². The zero-order valence-corrected chi connectivity index (χ0v) is 17.5. The minimum atomic E-state index is -4.45. The number of rotatable bonds is 4. The van der Waals surface area contributed by atoms with E-state index in [-0.39, 0.29) is 30.0 Å². The Morgan fingerprint density at radius 2 is 1.93 bits per heavy atom. The molecule has 8 heteroatoms. The summed E-state index contributed by atoms with van der Waals surface area (Å²) in [4.78, 5) is 12.7. The zero-order chi connectivity index (χ0) is 20.6. The lowest BCUT2D eigenvalue weighted by Gasteiger charge is -2.61. The molecule has 1 aliphatic heterocycles. The maximum atomic E-state index is 12.7. The lowest BCUT2D eigenvalue weighted by Crippen LogP contribution is -2.63. The van der Waals surface area contributed by atoms with Gasteiger partial charge in [-0.1, -0.05) is 20.3 Å². The lowest BCUT2D eigenvalue weighted by molar-refractivity contribution is -0.163. The second-order valence-electron chi connectivity index (χ2n) is 10.1. The molecule has 4 rings (SSSR count).